The molecule has 1 unspecified atom stereocenters. The lowest BCUT2D eigenvalue weighted by Gasteiger charge is -2.19. The molecule has 0 fully saturated rings. The maximum Gasteiger partial charge on any atom is 0.142 e. The number of hydrazine groups is 1. The van der Waals surface area contributed by atoms with Gasteiger partial charge in [0.2, 0.25) is 0 Å². The van der Waals surface area contributed by atoms with Crippen molar-refractivity contribution >= 4 is 0 Å². The van der Waals surface area contributed by atoms with Crippen LogP contribution in [0.1, 0.15) is 17.2 Å². The van der Waals surface area contributed by atoms with Crippen LogP contribution in [-0.2, 0) is 0 Å². The van der Waals surface area contributed by atoms with Crippen LogP contribution >= 0.6 is 0 Å². The fourth-order valence-electron chi connectivity index (χ4n) is 1.82. The Labute approximate surface area is 105 Å². The van der Waals surface area contributed by atoms with Crippen LogP contribution in [0.25, 0.3) is 0 Å². The third-order valence-corrected chi connectivity index (χ3v) is 2.72. The minimum absolute atomic E-state index is 0.274. The summed E-state index contributed by atoms with van der Waals surface area (Å²) in [4.78, 5) is 3.99. The second kappa shape index (κ2) is 5.57. The smallest absolute Gasteiger partial charge is 0.142 e. The van der Waals surface area contributed by atoms with Gasteiger partial charge in [0.15, 0.2) is 0 Å². The van der Waals surface area contributed by atoms with Crippen molar-refractivity contribution in [1.29, 1.82) is 0 Å². The van der Waals surface area contributed by atoms with E-state index in [1.807, 2.05) is 6.07 Å². The molecule has 0 radical (unpaired) electrons. The number of aromatic nitrogens is 1. The molecule has 1 aromatic carbocycles. The number of benzene rings is 1. The predicted molar refractivity (Wildman–Crippen MR) is 66.4 cm³/mol. The Kier molecular flexibility index (Phi) is 3.86. The molecule has 3 N–H and O–H groups in total. The monoisotopic (exact) mass is 247 g/mol. The van der Waals surface area contributed by atoms with Crippen molar-refractivity contribution < 1.29 is 9.13 Å². The molecule has 2 rings (SSSR count). The third kappa shape index (κ3) is 2.47. The quantitative estimate of drug-likeness (QED) is 0.638. The summed E-state index contributed by atoms with van der Waals surface area (Å²) in [6, 6.07) is 7.69. The maximum absolute atomic E-state index is 12.9. The molecule has 0 amide bonds. The first kappa shape index (κ1) is 12.5. The molecular weight excluding hydrogens is 233 g/mol. The molecule has 1 heterocycles. The van der Waals surface area contributed by atoms with Gasteiger partial charge in [0.05, 0.1) is 19.3 Å². The van der Waals surface area contributed by atoms with E-state index < -0.39 is 0 Å². The van der Waals surface area contributed by atoms with E-state index >= 15 is 0 Å². The predicted octanol–water partition coefficient (Wildman–Crippen LogP) is 1.78. The normalized spacial score (nSPS) is 12.2. The standard InChI is InChI=1S/C13H14FN3O/c1-18-12-8-16-7-6-11(12)13(17-15)9-2-4-10(14)5-3-9/h2-8,13,17H,15H2,1H3. The fourth-order valence-corrected chi connectivity index (χ4v) is 1.82. The first-order valence-corrected chi connectivity index (χ1v) is 5.45. The average molecular weight is 247 g/mol. The van der Waals surface area contributed by atoms with E-state index in [9.17, 15) is 4.39 Å². The lowest BCUT2D eigenvalue weighted by molar-refractivity contribution is 0.402. The van der Waals surface area contributed by atoms with E-state index in [4.69, 9.17) is 10.6 Å². The zero-order chi connectivity index (χ0) is 13.0. The van der Waals surface area contributed by atoms with Crippen LogP contribution in [0.15, 0.2) is 42.7 Å². The van der Waals surface area contributed by atoms with E-state index in [1.54, 1.807) is 31.6 Å². The van der Waals surface area contributed by atoms with Crippen molar-refractivity contribution in [3.8, 4) is 5.75 Å². The highest BCUT2D eigenvalue weighted by Crippen LogP contribution is 2.28. The minimum Gasteiger partial charge on any atom is -0.495 e. The summed E-state index contributed by atoms with van der Waals surface area (Å²) in [5.74, 6) is 5.93. The summed E-state index contributed by atoms with van der Waals surface area (Å²) in [5.41, 5.74) is 4.40. The Balaban J connectivity index is 2.41. The lowest BCUT2D eigenvalue weighted by atomic mass is 9.99. The average Bonchev–Trinajstić information content (AvgIpc) is 2.42. The van der Waals surface area contributed by atoms with Gasteiger partial charge in [-0.1, -0.05) is 12.1 Å². The molecule has 5 heteroatoms. The number of nitrogens with one attached hydrogen (secondary N) is 1. The number of hydrogen-bond donors (Lipinski definition) is 2. The summed E-state index contributed by atoms with van der Waals surface area (Å²) in [6.45, 7) is 0. The van der Waals surface area contributed by atoms with E-state index in [0.717, 1.165) is 11.1 Å². The van der Waals surface area contributed by atoms with Crippen LogP contribution in [0.2, 0.25) is 0 Å². The van der Waals surface area contributed by atoms with E-state index in [-0.39, 0.29) is 11.9 Å². The van der Waals surface area contributed by atoms with Crippen molar-refractivity contribution in [3.63, 3.8) is 0 Å². The van der Waals surface area contributed by atoms with Crippen LogP contribution in [0.4, 0.5) is 4.39 Å². The van der Waals surface area contributed by atoms with E-state index in [0.29, 0.717) is 5.75 Å². The van der Waals surface area contributed by atoms with Gasteiger partial charge in [-0.2, -0.15) is 0 Å². The second-order valence-electron chi connectivity index (χ2n) is 3.77. The Bertz CT molecular complexity index is 516. The highest BCUT2D eigenvalue weighted by atomic mass is 19.1. The first-order chi connectivity index (χ1) is 8.76. The number of methoxy groups -OCH3 is 1. The Hall–Kier alpha value is -1.98. The Morgan fingerprint density at radius 2 is 2.00 bits per heavy atom. The minimum atomic E-state index is -0.281. The van der Waals surface area contributed by atoms with Gasteiger partial charge >= 0.3 is 0 Å². The zero-order valence-corrected chi connectivity index (χ0v) is 9.93. The van der Waals surface area contributed by atoms with Gasteiger partial charge in [-0.25, -0.2) is 9.82 Å². The fraction of sp³-hybridized carbons (Fsp3) is 0.154. The molecular formula is C13H14FN3O. The van der Waals surface area contributed by atoms with Crippen molar-refractivity contribution in [2.24, 2.45) is 5.84 Å². The van der Waals surface area contributed by atoms with Crippen LogP contribution in [0.3, 0.4) is 0 Å². The Morgan fingerprint density at radius 3 is 2.61 bits per heavy atom. The SMILES string of the molecule is COc1cnccc1C(NN)c1ccc(F)cc1. The first-order valence-electron chi connectivity index (χ1n) is 5.45. The molecule has 0 aliphatic heterocycles. The molecule has 0 saturated carbocycles. The molecule has 2 aromatic rings. The van der Waals surface area contributed by atoms with Crippen LogP contribution < -0.4 is 16.0 Å². The largest absolute Gasteiger partial charge is 0.495 e. The highest BCUT2D eigenvalue weighted by Gasteiger charge is 2.16. The van der Waals surface area contributed by atoms with Crippen LogP contribution in [-0.4, -0.2) is 12.1 Å². The molecule has 0 bridgehead atoms. The molecule has 0 aliphatic carbocycles. The number of rotatable bonds is 4. The summed E-state index contributed by atoms with van der Waals surface area (Å²) < 4.78 is 18.2. The molecule has 0 aliphatic rings. The molecule has 1 aromatic heterocycles. The molecule has 18 heavy (non-hydrogen) atoms. The van der Waals surface area contributed by atoms with Gasteiger partial charge in [-0.15, -0.1) is 0 Å². The van der Waals surface area contributed by atoms with Crippen LogP contribution in [0.5, 0.6) is 5.75 Å². The summed E-state index contributed by atoms with van der Waals surface area (Å²) >= 11 is 0. The van der Waals surface area contributed by atoms with Gasteiger partial charge in [-0.05, 0) is 23.8 Å². The Morgan fingerprint density at radius 1 is 1.28 bits per heavy atom. The number of pyridine rings is 1. The highest BCUT2D eigenvalue weighted by molar-refractivity contribution is 5.39. The van der Waals surface area contributed by atoms with Crippen LogP contribution in [0, 0.1) is 5.82 Å². The number of nitrogens with zero attached hydrogens (tertiary/aromatic N) is 1. The number of hydrogen-bond acceptors (Lipinski definition) is 4. The summed E-state index contributed by atoms with van der Waals surface area (Å²) in [6.07, 6.45) is 3.27. The van der Waals surface area contributed by atoms with Gasteiger partial charge in [0, 0.05) is 11.8 Å². The number of ether oxygens (including phenoxy) is 1. The number of nitrogens with two attached hydrogens (primary N) is 1. The summed E-state index contributed by atoms with van der Waals surface area (Å²) in [7, 11) is 1.57. The molecule has 94 valence electrons. The lowest BCUT2D eigenvalue weighted by Crippen LogP contribution is -2.29. The molecule has 0 saturated heterocycles. The van der Waals surface area contributed by atoms with Gasteiger partial charge < -0.3 is 4.74 Å². The molecule has 4 nitrogen and oxygen atoms in total. The van der Waals surface area contributed by atoms with E-state index in [1.165, 1.54) is 12.1 Å². The molecule has 1 atom stereocenters. The van der Waals surface area contributed by atoms with Gasteiger partial charge in [0.25, 0.3) is 0 Å². The number of halogens is 1. The van der Waals surface area contributed by atoms with Crippen molar-refractivity contribution in [1.82, 2.24) is 10.4 Å². The van der Waals surface area contributed by atoms with Gasteiger partial charge in [0.1, 0.15) is 11.6 Å². The molecule has 0 spiro atoms. The second-order valence-corrected chi connectivity index (χ2v) is 3.77. The zero-order valence-electron chi connectivity index (χ0n) is 9.93. The van der Waals surface area contributed by atoms with Crippen molar-refractivity contribution in [2.45, 2.75) is 6.04 Å². The topological polar surface area (TPSA) is 60.2 Å². The third-order valence-electron chi connectivity index (χ3n) is 2.72. The summed E-state index contributed by atoms with van der Waals surface area (Å²) in [5, 5.41) is 0. The van der Waals surface area contributed by atoms with Gasteiger partial charge in [-0.3, -0.25) is 10.8 Å². The van der Waals surface area contributed by atoms with E-state index in [2.05, 4.69) is 10.4 Å². The van der Waals surface area contributed by atoms with Crippen molar-refractivity contribution in [2.75, 3.05) is 7.11 Å². The van der Waals surface area contributed by atoms with Crippen molar-refractivity contribution in [3.05, 3.63) is 59.7 Å². The maximum atomic E-state index is 12.9.